The van der Waals surface area contributed by atoms with E-state index in [-0.39, 0.29) is 0 Å². The van der Waals surface area contributed by atoms with Gasteiger partial charge in [0.2, 0.25) is 0 Å². The van der Waals surface area contributed by atoms with Crippen LogP contribution in [0.4, 0.5) is 0 Å². The summed E-state index contributed by atoms with van der Waals surface area (Å²) in [5.74, 6) is 1.44. The van der Waals surface area contributed by atoms with E-state index in [0.717, 1.165) is 25.4 Å². The topological polar surface area (TPSA) is 36.3 Å². The second-order valence-electron chi connectivity index (χ2n) is 5.30. The van der Waals surface area contributed by atoms with Crippen molar-refractivity contribution in [2.45, 2.75) is 26.7 Å². The summed E-state index contributed by atoms with van der Waals surface area (Å²) >= 11 is 0. The zero-order chi connectivity index (χ0) is 14.1. The maximum Gasteiger partial charge on any atom is 0.137 e. The van der Waals surface area contributed by atoms with E-state index in [1.54, 1.807) is 6.07 Å². The van der Waals surface area contributed by atoms with Crippen LogP contribution in [0, 0.1) is 17.2 Å². The van der Waals surface area contributed by atoms with Crippen molar-refractivity contribution in [1.29, 1.82) is 5.26 Å². The Kier molecular flexibility index (Phi) is 6.99. The van der Waals surface area contributed by atoms with E-state index in [4.69, 9.17) is 10.00 Å². The third-order valence-corrected chi connectivity index (χ3v) is 3.04. The maximum absolute atomic E-state index is 8.95. The number of benzene rings is 1. The molecule has 0 unspecified atom stereocenters. The number of hydrogen-bond donors (Lipinski definition) is 0. The van der Waals surface area contributed by atoms with E-state index < -0.39 is 0 Å². The molecule has 1 aromatic carbocycles. The van der Waals surface area contributed by atoms with Crippen LogP contribution in [0.15, 0.2) is 24.3 Å². The molecular weight excluding hydrogens is 236 g/mol. The lowest BCUT2D eigenvalue weighted by molar-refractivity contribution is 0.255. The summed E-state index contributed by atoms with van der Waals surface area (Å²) in [7, 11) is 2.14. The molecular formula is C16H24N2O. The van der Waals surface area contributed by atoms with Crippen molar-refractivity contribution in [2.75, 3.05) is 26.7 Å². The van der Waals surface area contributed by atoms with Gasteiger partial charge in [-0.2, -0.15) is 5.26 Å². The van der Waals surface area contributed by atoms with E-state index in [1.807, 2.05) is 18.2 Å². The van der Waals surface area contributed by atoms with Crippen molar-refractivity contribution in [3.8, 4) is 11.8 Å². The first-order valence-electron chi connectivity index (χ1n) is 6.94. The summed E-state index contributed by atoms with van der Waals surface area (Å²) in [5.41, 5.74) is 0.607. The molecule has 3 nitrogen and oxygen atoms in total. The molecule has 0 N–H and O–H groups in total. The summed E-state index contributed by atoms with van der Waals surface area (Å²) in [6, 6.07) is 9.52. The first-order chi connectivity index (χ1) is 9.13. The van der Waals surface area contributed by atoms with Gasteiger partial charge in [0, 0.05) is 6.54 Å². The molecule has 0 aliphatic carbocycles. The third kappa shape index (κ3) is 6.26. The molecule has 0 radical (unpaired) electrons. The maximum atomic E-state index is 8.95. The number of nitrogens with zero attached hydrogens (tertiary/aromatic N) is 2. The molecule has 0 heterocycles. The fourth-order valence-corrected chi connectivity index (χ4v) is 1.79. The van der Waals surface area contributed by atoms with Gasteiger partial charge in [-0.25, -0.2) is 0 Å². The van der Waals surface area contributed by atoms with Crippen LogP contribution >= 0.6 is 0 Å². The predicted molar refractivity (Wildman–Crippen MR) is 78.2 cm³/mol. The van der Waals surface area contributed by atoms with Gasteiger partial charge >= 0.3 is 0 Å². The first-order valence-corrected chi connectivity index (χ1v) is 6.94. The Hall–Kier alpha value is -1.53. The van der Waals surface area contributed by atoms with E-state index in [0.29, 0.717) is 17.9 Å². The number of nitriles is 1. The predicted octanol–water partition coefficient (Wildman–Crippen LogP) is 3.31. The zero-order valence-corrected chi connectivity index (χ0v) is 12.2. The van der Waals surface area contributed by atoms with Crippen molar-refractivity contribution in [3.05, 3.63) is 29.8 Å². The van der Waals surface area contributed by atoms with Crippen LogP contribution in [0.25, 0.3) is 0 Å². The molecule has 0 aromatic heterocycles. The molecule has 104 valence electrons. The van der Waals surface area contributed by atoms with Gasteiger partial charge in [-0.15, -0.1) is 0 Å². The Balaban J connectivity index is 2.22. The Labute approximate surface area is 116 Å². The van der Waals surface area contributed by atoms with E-state index >= 15 is 0 Å². The fourth-order valence-electron chi connectivity index (χ4n) is 1.79. The Morgan fingerprint density at radius 2 is 2.00 bits per heavy atom. The van der Waals surface area contributed by atoms with Gasteiger partial charge in [0.05, 0.1) is 12.2 Å². The minimum atomic E-state index is 0.607. The molecule has 0 aliphatic rings. The number of para-hydroxylation sites is 1. The first kappa shape index (κ1) is 15.5. The lowest BCUT2D eigenvalue weighted by atomic mass is 10.1. The molecule has 3 heteroatoms. The molecule has 0 saturated heterocycles. The summed E-state index contributed by atoms with van der Waals surface area (Å²) in [6.07, 6.45) is 2.21. The van der Waals surface area contributed by atoms with Gasteiger partial charge in [-0.1, -0.05) is 26.0 Å². The molecule has 0 amide bonds. The van der Waals surface area contributed by atoms with Crippen LogP contribution in [0.3, 0.4) is 0 Å². The summed E-state index contributed by atoms with van der Waals surface area (Å²) in [6.45, 7) is 7.31. The smallest absolute Gasteiger partial charge is 0.137 e. The van der Waals surface area contributed by atoms with Gasteiger partial charge < -0.3 is 9.64 Å². The van der Waals surface area contributed by atoms with Gasteiger partial charge in [0.15, 0.2) is 0 Å². The number of ether oxygens (including phenoxy) is 1. The average Bonchev–Trinajstić information content (AvgIpc) is 2.41. The number of hydrogen-bond acceptors (Lipinski definition) is 3. The Morgan fingerprint density at radius 3 is 2.68 bits per heavy atom. The Morgan fingerprint density at radius 1 is 1.26 bits per heavy atom. The van der Waals surface area contributed by atoms with Crippen LogP contribution < -0.4 is 4.74 Å². The minimum Gasteiger partial charge on any atom is -0.492 e. The van der Waals surface area contributed by atoms with E-state index in [1.165, 1.54) is 6.42 Å². The molecule has 19 heavy (non-hydrogen) atoms. The average molecular weight is 260 g/mol. The highest BCUT2D eigenvalue weighted by molar-refractivity contribution is 5.42. The summed E-state index contributed by atoms with van der Waals surface area (Å²) < 4.78 is 5.65. The minimum absolute atomic E-state index is 0.607. The van der Waals surface area contributed by atoms with Gasteiger partial charge in [0.1, 0.15) is 11.8 Å². The standard InChI is InChI=1S/C16H24N2O/c1-14(2)9-11-18(3)10-6-12-19-16-8-5-4-7-15(16)13-17/h4-5,7-8,14H,6,9-12H2,1-3H3. The normalized spacial score (nSPS) is 10.7. The van der Waals surface area contributed by atoms with Gasteiger partial charge in [-0.05, 0) is 44.5 Å². The number of rotatable bonds is 8. The van der Waals surface area contributed by atoms with Crippen molar-refractivity contribution >= 4 is 0 Å². The molecule has 0 bridgehead atoms. The monoisotopic (exact) mass is 260 g/mol. The lowest BCUT2D eigenvalue weighted by Crippen LogP contribution is -2.23. The van der Waals surface area contributed by atoms with Gasteiger partial charge in [-0.3, -0.25) is 0 Å². The summed E-state index contributed by atoms with van der Waals surface area (Å²) in [5, 5.41) is 8.95. The van der Waals surface area contributed by atoms with Crippen molar-refractivity contribution in [3.63, 3.8) is 0 Å². The highest BCUT2D eigenvalue weighted by atomic mass is 16.5. The molecule has 0 aliphatic heterocycles. The Bertz CT molecular complexity index is 409. The zero-order valence-electron chi connectivity index (χ0n) is 12.2. The molecule has 0 fully saturated rings. The lowest BCUT2D eigenvalue weighted by Gasteiger charge is -2.17. The second kappa shape index (κ2) is 8.55. The third-order valence-electron chi connectivity index (χ3n) is 3.04. The molecule has 1 rings (SSSR count). The molecule has 1 aromatic rings. The molecule has 0 atom stereocenters. The van der Waals surface area contributed by atoms with Crippen LogP contribution in [0.5, 0.6) is 5.75 Å². The van der Waals surface area contributed by atoms with Crippen molar-refractivity contribution in [2.24, 2.45) is 5.92 Å². The van der Waals surface area contributed by atoms with Crippen LogP contribution in [0.2, 0.25) is 0 Å². The van der Waals surface area contributed by atoms with Crippen molar-refractivity contribution < 1.29 is 4.74 Å². The van der Waals surface area contributed by atoms with Gasteiger partial charge in [0.25, 0.3) is 0 Å². The van der Waals surface area contributed by atoms with Crippen molar-refractivity contribution in [1.82, 2.24) is 4.90 Å². The highest BCUT2D eigenvalue weighted by Crippen LogP contribution is 2.16. The second-order valence-corrected chi connectivity index (χ2v) is 5.30. The summed E-state index contributed by atoms with van der Waals surface area (Å²) in [4.78, 5) is 2.33. The van der Waals surface area contributed by atoms with Crippen LogP contribution in [0.1, 0.15) is 32.3 Å². The van der Waals surface area contributed by atoms with Crippen LogP contribution in [-0.2, 0) is 0 Å². The van der Waals surface area contributed by atoms with E-state index in [9.17, 15) is 0 Å². The molecule has 0 spiro atoms. The molecule has 0 saturated carbocycles. The SMILES string of the molecule is CC(C)CCN(C)CCCOc1ccccc1C#N. The highest BCUT2D eigenvalue weighted by Gasteiger charge is 2.03. The quantitative estimate of drug-likeness (QED) is 0.673. The largest absolute Gasteiger partial charge is 0.492 e. The van der Waals surface area contributed by atoms with E-state index in [2.05, 4.69) is 31.9 Å². The fraction of sp³-hybridized carbons (Fsp3) is 0.562. The van der Waals surface area contributed by atoms with Crippen LogP contribution in [-0.4, -0.2) is 31.6 Å².